The Kier molecular flexibility index (Phi) is 11.9. The van der Waals surface area contributed by atoms with Crippen molar-refractivity contribution in [1.82, 2.24) is 0 Å². The second-order valence-corrected chi connectivity index (χ2v) is 10.2. The lowest BCUT2D eigenvalue weighted by Crippen LogP contribution is -2.76. The Balaban J connectivity index is 3.68. The molecular weight excluding hydrogens is 818 g/mol. The molecule has 1 rings (SSSR count). The van der Waals surface area contributed by atoms with Crippen molar-refractivity contribution in [1.29, 1.82) is 0 Å². The van der Waals surface area contributed by atoms with Crippen LogP contribution in [0.2, 0.25) is 0 Å². The molecule has 1 aromatic rings. The minimum atomic E-state index is -9.29. The van der Waals surface area contributed by atoms with E-state index >= 15 is 0 Å². The van der Waals surface area contributed by atoms with Crippen molar-refractivity contribution in [3.05, 3.63) is 42.0 Å². The molecule has 0 saturated heterocycles. The fraction of sp³-hybridized carbons (Fsp3) is 0.667. The highest BCUT2D eigenvalue weighted by atomic mass is 19.4. The molecular formula is C21H11F20N3O9. The van der Waals surface area contributed by atoms with Crippen molar-refractivity contribution in [3.63, 3.8) is 0 Å². The van der Waals surface area contributed by atoms with Crippen molar-refractivity contribution >= 4 is 23.2 Å². The molecule has 0 aliphatic heterocycles. The zero-order valence-electron chi connectivity index (χ0n) is 24.5. The van der Waals surface area contributed by atoms with Crippen LogP contribution in [0.1, 0.15) is 25.3 Å². The number of hydrogen-bond donors (Lipinski definition) is 0. The Morgan fingerprint density at radius 1 is 0.623 bits per heavy atom. The van der Waals surface area contributed by atoms with E-state index in [2.05, 4.69) is 9.47 Å². The minimum Gasteiger partial charge on any atom is -0.427 e. The largest absolute Gasteiger partial charge is 0.514 e. The Labute approximate surface area is 275 Å². The van der Waals surface area contributed by atoms with Crippen LogP contribution >= 0.6 is 0 Å². The van der Waals surface area contributed by atoms with E-state index in [1.165, 1.54) is 0 Å². The van der Waals surface area contributed by atoms with Crippen molar-refractivity contribution in [3.8, 4) is 5.75 Å². The Morgan fingerprint density at radius 2 is 0.981 bits per heavy atom. The molecule has 32 heteroatoms. The lowest BCUT2D eigenvalue weighted by molar-refractivity contribution is -0.465. The Morgan fingerprint density at radius 3 is 1.30 bits per heavy atom. The van der Waals surface area contributed by atoms with Gasteiger partial charge in [0.25, 0.3) is 0 Å². The normalized spacial score (nSPS) is 14.4. The van der Waals surface area contributed by atoms with Gasteiger partial charge in [0.05, 0.1) is 26.4 Å². The third-order valence-corrected chi connectivity index (χ3v) is 6.48. The average molecular weight is 829 g/mol. The molecule has 0 saturated carbocycles. The summed E-state index contributed by atoms with van der Waals surface area (Å²) >= 11 is 0. The number of nitrogens with zero attached hydrogens (tertiary/aromatic N) is 3. The van der Waals surface area contributed by atoms with Gasteiger partial charge in [-0.05, 0) is 5.92 Å². The molecule has 0 bridgehead atoms. The van der Waals surface area contributed by atoms with E-state index in [-0.39, 0.29) is 6.07 Å². The second-order valence-electron chi connectivity index (χ2n) is 10.2. The summed E-state index contributed by atoms with van der Waals surface area (Å²) in [7, 11) is 0. The fourth-order valence-electron chi connectivity index (χ4n) is 3.70. The fourth-order valence-corrected chi connectivity index (χ4v) is 3.70. The molecule has 0 radical (unpaired) electrons. The van der Waals surface area contributed by atoms with Gasteiger partial charge in [-0.2, -0.15) is 79.0 Å². The van der Waals surface area contributed by atoms with Gasteiger partial charge in [-0.15, -0.1) is 0 Å². The third kappa shape index (κ3) is 6.82. The highest BCUT2D eigenvalue weighted by Gasteiger charge is 2.96. The molecule has 0 aliphatic carbocycles. The summed E-state index contributed by atoms with van der Waals surface area (Å²) in [5.41, 5.74) is -6.94. The van der Waals surface area contributed by atoms with E-state index in [4.69, 9.17) is 0 Å². The zero-order valence-corrected chi connectivity index (χ0v) is 24.5. The molecule has 12 nitrogen and oxygen atoms in total. The van der Waals surface area contributed by atoms with E-state index in [0.29, 0.717) is 0 Å². The smallest absolute Gasteiger partial charge is 0.427 e. The van der Waals surface area contributed by atoms with Crippen LogP contribution in [0.3, 0.4) is 0 Å². The van der Waals surface area contributed by atoms with E-state index < -0.39 is 122 Å². The standard InChI is InChI=1S/C21H11F20N3O9/c1-5(2)8-7(3-6(42(46)47)9(43(48)49)10(8)44(50)51)53-12(45)52-4-13(24,25)15(28,29)17(32,33)19(36,37)21(40,41)20(38,39)18(34,35)16(30,31)14(26,27)11(22)23/h3,5,11H,4H2,1-2H3. The summed E-state index contributed by atoms with van der Waals surface area (Å²) in [6.07, 6.45) is -9.29. The number of carbonyl (C=O) groups excluding carboxylic acids is 1. The summed E-state index contributed by atoms with van der Waals surface area (Å²) < 4.78 is 279. The van der Waals surface area contributed by atoms with E-state index in [0.717, 1.165) is 13.8 Å². The highest BCUT2D eigenvalue weighted by molar-refractivity contribution is 5.76. The maximum absolute atomic E-state index is 14.1. The Hall–Kier alpha value is -4.71. The van der Waals surface area contributed by atoms with Crippen molar-refractivity contribution in [2.24, 2.45) is 0 Å². The second kappa shape index (κ2) is 13.6. The number of benzene rings is 1. The topological polar surface area (TPSA) is 165 Å². The molecule has 0 aliphatic rings. The molecule has 0 spiro atoms. The number of ether oxygens (including phenoxy) is 2. The van der Waals surface area contributed by atoms with E-state index in [1.807, 2.05) is 0 Å². The van der Waals surface area contributed by atoms with E-state index in [1.54, 1.807) is 0 Å². The number of carbonyl (C=O) groups is 1. The average Bonchev–Trinajstić information content (AvgIpc) is 2.97. The van der Waals surface area contributed by atoms with Gasteiger partial charge in [0.15, 0.2) is 12.4 Å². The van der Waals surface area contributed by atoms with Gasteiger partial charge in [-0.1, -0.05) is 13.8 Å². The first kappa shape index (κ1) is 46.3. The summed E-state index contributed by atoms with van der Waals surface area (Å²) in [4.78, 5) is 40.6. The van der Waals surface area contributed by atoms with Crippen LogP contribution in [0.15, 0.2) is 6.07 Å². The van der Waals surface area contributed by atoms with Crippen molar-refractivity contribution in [2.45, 2.75) is 79.5 Å². The maximum atomic E-state index is 14.1. The van der Waals surface area contributed by atoms with Crippen LogP contribution in [0.25, 0.3) is 0 Å². The first-order valence-electron chi connectivity index (χ1n) is 12.4. The molecule has 0 fully saturated rings. The van der Waals surface area contributed by atoms with Crippen molar-refractivity contribution < 1.29 is 117 Å². The Bertz CT molecular complexity index is 1630. The van der Waals surface area contributed by atoms with Gasteiger partial charge >= 0.3 is 82.9 Å². The van der Waals surface area contributed by atoms with Gasteiger partial charge < -0.3 is 9.47 Å². The van der Waals surface area contributed by atoms with Crippen LogP contribution in [0, 0.1) is 30.3 Å². The lowest BCUT2D eigenvalue weighted by atomic mass is 9.86. The molecule has 0 unspecified atom stereocenters. The number of halogens is 20. The van der Waals surface area contributed by atoms with Crippen LogP contribution in [-0.4, -0.2) is 87.3 Å². The molecule has 53 heavy (non-hydrogen) atoms. The number of nitro benzene ring substituents is 3. The van der Waals surface area contributed by atoms with Gasteiger partial charge in [-0.25, -0.2) is 13.6 Å². The number of rotatable bonds is 16. The summed E-state index contributed by atoms with van der Waals surface area (Å²) in [5.74, 6) is -81.2. The number of nitro groups is 3. The summed E-state index contributed by atoms with van der Waals surface area (Å²) in [6, 6.07) is -0.234. The molecule has 304 valence electrons. The van der Waals surface area contributed by atoms with Gasteiger partial charge in [0, 0.05) is 0 Å². The number of alkyl halides is 20. The van der Waals surface area contributed by atoms with Crippen LogP contribution in [0.5, 0.6) is 5.75 Å². The monoisotopic (exact) mass is 829 g/mol. The van der Waals surface area contributed by atoms with Crippen LogP contribution < -0.4 is 4.74 Å². The number of hydrogen-bond acceptors (Lipinski definition) is 9. The molecule has 0 N–H and O–H groups in total. The minimum absolute atomic E-state index is 0.234. The molecule has 0 heterocycles. The molecule has 1 aromatic carbocycles. The first-order chi connectivity index (χ1) is 23.2. The SMILES string of the molecule is CC(C)c1c(OC(=O)OCC(F)(F)C(F)(F)C(F)(F)C(F)(F)C(F)(F)C(F)(F)C(F)(F)C(F)(F)C(F)(F)C(F)F)cc([N+](=O)[O-])c([N+](=O)[O-])c1[N+](=O)[O-]. The molecule has 0 atom stereocenters. The quantitative estimate of drug-likeness (QED) is 0.0520. The maximum Gasteiger partial charge on any atom is 0.514 e. The highest BCUT2D eigenvalue weighted by Crippen LogP contribution is 2.65. The van der Waals surface area contributed by atoms with Crippen molar-refractivity contribution in [2.75, 3.05) is 6.61 Å². The first-order valence-corrected chi connectivity index (χ1v) is 12.4. The summed E-state index contributed by atoms with van der Waals surface area (Å²) in [6.45, 7) is -2.18. The van der Waals surface area contributed by atoms with Crippen LogP contribution in [-0.2, 0) is 4.74 Å². The predicted octanol–water partition coefficient (Wildman–Crippen LogP) is 9.03. The zero-order chi connectivity index (χ0) is 42.7. The van der Waals surface area contributed by atoms with Crippen LogP contribution in [0.4, 0.5) is 110 Å². The summed E-state index contributed by atoms with van der Waals surface area (Å²) in [5, 5.41) is 34.0. The third-order valence-electron chi connectivity index (χ3n) is 6.48. The van der Waals surface area contributed by atoms with Gasteiger partial charge in [-0.3, -0.25) is 30.3 Å². The van der Waals surface area contributed by atoms with E-state index in [9.17, 15) is 123 Å². The van der Waals surface area contributed by atoms with Gasteiger partial charge in [0.1, 0.15) is 0 Å². The lowest BCUT2D eigenvalue weighted by Gasteiger charge is -2.44. The predicted molar refractivity (Wildman–Crippen MR) is 123 cm³/mol. The molecule has 0 amide bonds. The molecule has 0 aromatic heterocycles. The van der Waals surface area contributed by atoms with Gasteiger partial charge in [0.2, 0.25) is 0 Å².